The van der Waals surface area contributed by atoms with Crippen LogP contribution in [0.25, 0.3) is 0 Å². The Balaban J connectivity index is 2.13. The molecule has 0 fully saturated rings. The maximum atomic E-state index is 12.1. The van der Waals surface area contributed by atoms with Crippen molar-refractivity contribution in [1.29, 1.82) is 0 Å². The van der Waals surface area contributed by atoms with Gasteiger partial charge in [-0.3, -0.25) is 14.5 Å². The Morgan fingerprint density at radius 2 is 1.78 bits per heavy atom. The molecule has 3 heteroatoms. The second-order valence-corrected chi connectivity index (χ2v) is 5.35. The standard InChI is InChI=1S/C15H19NO2/c1-10(2)5-4-8-16-14(17)12-7-6-11(3)9-13(12)15(16)18/h6-7,9-10H,4-5,8H2,1-3H3. The maximum Gasteiger partial charge on any atom is 0.261 e. The SMILES string of the molecule is Cc1ccc2c(c1)C(=O)N(CCCC(C)C)C2=O. The number of aryl methyl sites for hydroxylation is 1. The average Bonchev–Trinajstić information content (AvgIpc) is 2.53. The van der Waals surface area contributed by atoms with Crippen LogP contribution >= 0.6 is 0 Å². The summed E-state index contributed by atoms with van der Waals surface area (Å²) in [6.45, 7) is 6.75. The summed E-state index contributed by atoms with van der Waals surface area (Å²) < 4.78 is 0. The van der Waals surface area contributed by atoms with Crippen LogP contribution < -0.4 is 0 Å². The lowest BCUT2D eigenvalue weighted by Gasteiger charge is -2.14. The highest BCUT2D eigenvalue weighted by Gasteiger charge is 2.34. The number of hydrogen-bond acceptors (Lipinski definition) is 2. The van der Waals surface area contributed by atoms with Gasteiger partial charge in [-0.25, -0.2) is 0 Å². The first-order chi connectivity index (χ1) is 8.50. The predicted octanol–water partition coefficient (Wildman–Crippen LogP) is 3.03. The average molecular weight is 245 g/mol. The van der Waals surface area contributed by atoms with Crippen molar-refractivity contribution in [2.24, 2.45) is 5.92 Å². The minimum atomic E-state index is -0.140. The van der Waals surface area contributed by atoms with E-state index in [9.17, 15) is 9.59 Å². The van der Waals surface area contributed by atoms with Crippen LogP contribution in [0, 0.1) is 12.8 Å². The van der Waals surface area contributed by atoms with E-state index in [1.54, 1.807) is 12.1 Å². The topological polar surface area (TPSA) is 37.4 Å². The van der Waals surface area contributed by atoms with Gasteiger partial charge in [0.15, 0.2) is 0 Å². The molecule has 1 aliphatic heterocycles. The molecule has 1 aliphatic rings. The van der Waals surface area contributed by atoms with Gasteiger partial charge in [0.1, 0.15) is 0 Å². The van der Waals surface area contributed by atoms with E-state index in [0.29, 0.717) is 23.6 Å². The van der Waals surface area contributed by atoms with Crippen LogP contribution in [0.3, 0.4) is 0 Å². The Morgan fingerprint density at radius 1 is 1.11 bits per heavy atom. The van der Waals surface area contributed by atoms with Crippen molar-refractivity contribution in [2.45, 2.75) is 33.6 Å². The molecule has 0 bridgehead atoms. The van der Waals surface area contributed by atoms with E-state index in [4.69, 9.17) is 0 Å². The van der Waals surface area contributed by atoms with E-state index in [0.717, 1.165) is 18.4 Å². The minimum Gasteiger partial charge on any atom is -0.274 e. The first-order valence-corrected chi connectivity index (χ1v) is 6.47. The molecule has 0 saturated carbocycles. The molecule has 0 N–H and O–H groups in total. The largest absolute Gasteiger partial charge is 0.274 e. The Morgan fingerprint density at radius 3 is 2.44 bits per heavy atom. The number of amides is 2. The van der Waals surface area contributed by atoms with Crippen molar-refractivity contribution < 1.29 is 9.59 Å². The summed E-state index contributed by atoms with van der Waals surface area (Å²) >= 11 is 0. The number of hydrogen-bond donors (Lipinski definition) is 0. The maximum absolute atomic E-state index is 12.1. The second-order valence-electron chi connectivity index (χ2n) is 5.35. The molecule has 0 atom stereocenters. The molecule has 2 rings (SSSR count). The molecular weight excluding hydrogens is 226 g/mol. The van der Waals surface area contributed by atoms with Crippen molar-refractivity contribution in [3.8, 4) is 0 Å². The summed E-state index contributed by atoms with van der Waals surface area (Å²) in [6, 6.07) is 5.44. The summed E-state index contributed by atoms with van der Waals surface area (Å²) in [5, 5.41) is 0. The van der Waals surface area contributed by atoms with Crippen LogP contribution in [0.2, 0.25) is 0 Å². The molecule has 3 nitrogen and oxygen atoms in total. The number of rotatable bonds is 4. The van der Waals surface area contributed by atoms with Gasteiger partial charge in [0.05, 0.1) is 11.1 Å². The van der Waals surface area contributed by atoms with Gasteiger partial charge >= 0.3 is 0 Å². The molecule has 18 heavy (non-hydrogen) atoms. The molecule has 96 valence electrons. The van der Waals surface area contributed by atoms with Crippen LogP contribution in [0.15, 0.2) is 18.2 Å². The van der Waals surface area contributed by atoms with Crippen molar-refractivity contribution in [2.75, 3.05) is 6.54 Å². The van der Waals surface area contributed by atoms with Crippen molar-refractivity contribution in [3.05, 3.63) is 34.9 Å². The predicted molar refractivity (Wildman–Crippen MR) is 70.6 cm³/mol. The smallest absolute Gasteiger partial charge is 0.261 e. The molecule has 0 spiro atoms. The van der Waals surface area contributed by atoms with Crippen LogP contribution in [-0.2, 0) is 0 Å². The second kappa shape index (κ2) is 4.92. The Bertz CT molecular complexity index is 491. The van der Waals surface area contributed by atoms with Crippen LogP contribution in [0.1, 0.15) is 53.0 Å². The molecule has 1 aromatic rings. The lowest BCUT2D eigenvalue weighted by atomic mass is 10.1. The summed E-state index contributed by atoms with van der Waals surface area (Å²) in [4.78, 5) is 25.6. The molecule has 0 aromatic heterocycles. The Kier molecular flexibility index (Phi) is 3.50. The van der Waals surface area contributed by atoms with Gasteiger partial charge in [-0.05, 0) is 37.8 Å². The molecule has 1 heterocycles. The zero-order valence-electron chi connectivity index (χ0n) is 11.2. The third-order valence-electron chi connectivity index (χ3n) is 3.29. The van der Waals surface area contributed by atoms with Crippen molar-refractivity contribution >= 4 is 11.8 Å². The highest BCUT2D eigenvalue weighted by molar-refractivity contribution is 6.21. The number of imide groups is 1. The van der Waals surface area contributed by atoms with Crippen LogP contribution in [0.5, 0.6) is 0 Å². The molecule has 0 radical (unpaired) electrons. The third kappa shape index (κ3) is 2.30. The molecule has 2 amide bonds. The molecule has 0 unspecified atom stereocenters. The van der Waals surface area contributed by atoms with Gasteiger partial charge in [0.2, 0.25) is 0 Å². The number of fused-ring (bicyclic) bond motifs is 1. The summed E-state index contributed by atoms with van der Waals surface area (Å²) in [5.74, 6) is 0.323. The first kappa shape index (κ1) is 12.8. The van der Waals surface area contributed by atoms with Crippen molar-refractivity contribution in [1.82, 2.24) is 4.90 Å². The Labute approximate surface area is 108 Å². The zero-order chi connectivity index (χ0) is 13.3. The van der Waals surface area contributed by atoms with Gasteiger partial charge in [0, 0.05) is 6.54 Å². The fourth-order valence-electron chi connectivity index (χ4n) is 2.27. The van der Waals surface area contributed by atoms with Crippen LogP contribution in [0.4, 0.5) is 0 Å². The molecule has 0 saturated heterocycles. The van der Waals surface area contributed by atoms with Gasteiger partial charge in [-0.2, -0.15) is 0 Å². The van der Waals surface area contributed by atoms with E-state index in [2.05, 4.69) is 13.8 Å². The van der Waals surface area contributed by atoms with E-state index < -0.39 is 0 Å². The van der Waals surface area contributed by atoms with Gasteiger partial charge in [0.25, 0.3) is 11.8 Å². The molecular formula is C15H19NO2. The summed E-state index contributed by atoms with van der Waals surface area (Å²) in [6.07, 6.45) is 1.91. The normalized spacial score (nSPS) is 14.6. The van der Waals surface area contributed by atoms with E-state index in [-0.39, 0.29) is 11.8 Å². The fourth-order valence-corrected chi connectivity index (χ4v) is 2.27. The number of carbonyl (C=O) groups excluding carboxylic acids is 2. The van der Waals surface area contributed by atoms with E-state index >= 15 is 0 Å². The van der Waals surface area contributed by atoms with Gasteiger partial charge in [-0.1, -0.05) is 25.5 Å². The highest BCUT2D eigenvalue weighted by Crippen LogP contribution is 2.24. The van der Waals surface area contributed by atoms with E-state index in [1.165, 1.54) is 4.90 Å². The number of nitrogens with zero attached hydrogens (tertiary/aromatic N) is 1. The quantitative estimate of drug-likeness (QED) is 0.765. The van der Waals surface area contributed by atoms with Gasteiger partial charge < -0.3 is 0 Å². The van der Waals surface area contributed by atoms with E-state index in [1.807, 2.05) is 13.0 Å². The third-order valence-corrected chi connectivity index (χ3v) is 3.29. The summed E-state index contributed by atoms with van der Waals surface area (Å²) in [7, 11) is 0. The van der Waals surface area contributed by atoms with Gasteiger partial charge in [-0.15, -0.1) is 0 Å². The first-order valence-electron chi connectivity index (χ1n) is 6.47. The van der Waals surface area contributed by atoms with Crippen LogP contribution in [-0.4, -0.2) is 23.3 Å². The highest BCUT2D eigenvalue weighted by atomic mass is 16.2. The van der Waals surface area contributed by atoms with Crippen molar-refractivity contribution in [3.63, 3.8) is 0 Å². The number of carbonyl (C=O) groups is 2. The zero-order valence-corrected chi connectivity index (χ0v) is 11.2. The monoisotopic (exact) mass is 245 g/mol. The molecule has 1 aromatic carbocycles. The minimum absolute atomic E-state index is 0.137. The molecule has 0 aliphatic carbocycles. The number of benzene rings is 1. The fraction of sp³-hybridized carbons (Fsp3) is 0.467. The lowest BCUT2D eigenvalue weighted by molar-refractivity contribution is 0.0650. The lowest BCUT2D eigenvalue weighted by Crippen LogP contribution is -2.30. The summed E-state index contributed by atoms with van der Waals surface area (Å²) in [5.41, 5.74) is 2.12. The Hall–Kier alpha value is -1.64.